The smallest absolute Gasteiger partial charge is 0.258 e. The molecule has 5 nitrogen and oxygen atoms in total. The molecule has 0 amide bonds. The second-order valence-corrected chi connectivity index (χ2v) is 2.96. The van der Waals surface area contributed by atoms with E-state index in [0.29, 0.717) is 6.07 Å². The quantitative estimate of drug-likeness (QED) is 0.580. The van der Waals surface area contributed by atoms with Crippen molar-refractivity contribution in [2.45, 2.75) is 0 Å². The Balaban J connectivity index is 2.72. The molecule has 82 valence electrons. The molecule has 0 aliphatic heterocycles. The zero-order chi connectivity index (χ0) is 11.7. The fourth-order valence-corrected chi connectivity index (χ4v) is 1.32. The molecule has 2 rings (SSSR count). The third-order valence-corrected chi connectivity index (χ3v) is 1.94. The molecule has 1 aromatic heterocycles. The lowest BCUT2D eigenvalue weighted by Crippen LogP contribution is -2.04. The van der Waals surface area contributed by atoms with Gasteiger partial charge in [-0.3, -0.25) is 10.1 Å². The van der Waals surface area contributed by atoms with Gasteiger partial charge in [0.15, 0.2) is 0 Å². The van der Waals surface area contributed by atoms with Crippen LogP contribution in [0, 0.1) is 21.7 Å². The summed E-state index contributed by atoms with van der Waals surface area (Å²) in [7, 11) is 0. The van der Waals surface area contributed by atoms with Crippen LogP contribution in [0.15, 0.2) is 30.6 Å². The predicted octanol–water partition coefficient (Wildman–Crippen LogP) is 2.06. The van der Waals surface area contributed by atoms with E-state index in [1.807, 2.05) is 0 Å². The third-order valence-electron chi connectivity index (χ3n) is 1.94. The van der Waals surface area contributed by atoms with Gasteiger partial charge in [-0.1, -0.05) is 0 Å². The molecule has 0 radical (unpaired) electrons. The average Bonchev–Trinajstić information content (AvgIpc) is 2.67. The molecule has 1 heterocycles. The number of hydrogen-bond donors (Lipinski definition) is 0. The Morgan fingerprint density at radius 2 is 2.12 bits per heavy atom. The highest BCUT2D eigenvalue weighted by molar-refractivity contribution is 5.52. The van der Waals surface area contributed by atoms with Crippen LogP contribution in [0.2, 0.25) is 0 Å². The molecule has 0 unspecified atom stereocenters. The number of hydrogen-bond acceptors (Lipinski definition) is 3. The third kappa shape index (κ3) is 1.62. The van der Waals surface area contributed by atoms with Crippen LogP contribution in [0.1, 0.15) is 0 Å². The van der Waals surface area contributed by atoms with E-state index in [1.54, 1.807) is 0 Å². The van der Waals surface area contributed by atoms with E-state index in [0.717, 1.165) is 10.7 Å². The first-order valence-electron chi connectivity index (χ1n) is 4.23. The molecule has 1 aromatic carbocycles. The van der Waals surface area contributed by atoms with Crippen molar-refractivity contribution in [3.8, 4) is 5.69 Å². The highest BCUT2D eigenvalue weighted by Crippen LogP contribution is 2.26. The van der Waals surface area contributed by atoms with Gasteiger partial charge in [0.05, 0.1) is 4.92 Å². The summed E-state index contributed by atoms with van der Waals surface area (Å²) in [5, 5.41) is 14.3. The summed E-state index contributed by atoms with van der Waals surface area (Å²) >= 11 is 0. The summed E-state index contributed by atoms with van der Waals surface area (Å²) in [6, 6.07) is 2.81. The van der Waals surface area contributed by atoms with Crippen LogP contribution in [0.25, 0.3) is 5.69 Å². The van der Waals surface area contributed by atoms with E-state index in [4.69, 9.17) is 0 Å². The number of nitro benzene ring substituents is 1. The normalized spacial score (nSPS) is 10.4. The van der Waals surface area contributed by atoms with Gasteiger partial charge in [-0.15, -0.1) is 0 Å². The van der Waals surface area contributed by atoms with Crippen molar-refractivity contribution in [1.29, 1.82) is 0 Å². The van der Waals surface area contributed by atoms with Crippen molar-refractivity contribution in [2.75, 3.05) is 0 Å². The van der Waals surface area contributed by atoms with Crippen molar-refractivity contribution in [3.63, 3.8) is 0 Å². The fourth-order valence-electron chi connectivity index (χ4n) is 1.32. The molecular weight excluding hydrogens is 220 g/mol. The molecule has 0 saturated carbocycles. The molecular formula is C9H5F2N3O2. The fraction of sp³-hybridized carbons (Fsp3) is 0. The van der Waals surface area contributed by atoms with Gasteiger partial charge in [-0.05, 0) is 6.07 Å². The van der Waals surface area contributed by atoms with Gasteiger partial charge in [0.1, 0.15) is 11.5 Å². The lowest BCUT2D eigenvalue weighted by molar-refractivity contribution is -0.387. The Morgan fingerprint density at radius 3 is 2.69 bits per heavy atom. The van der Waals surface area contributed by atoms with E-state index >= 15 is 0 Å². The first-order valence-corrected chi connectivity index (χ1v) is 4.23. The molecule has 0 saturated heterocycles. The zero-order valence-corrected chi connectivity index (χ0v) is 7.80. The van der Waals surface area contributed by atoms with Crippen LogP contribution in [-0.2, 0) is 0 Å². The maximum atomic E-state index is 13.2. The largest absolute Gasteiger partial charge is 0.330 e. The maximum absolute atomic E-state index is 13.2. The Morgan fingerprint density at radius 1 is 1.38 bits per heavy atom. The Kier molecular flexibility index (Phi) is 2.35. The molecule has 16 heavy (non-hydrogen) atoms. The van der Waals surface area contributed by atoms with Gasteiger partial charge in [0, 0.05) is 24.5 Å². The summed E-state index contributed by atoms with van der Waals surface area (Å²) in [6.07, 6.45) is 2.72. The minimum absolute atomic E-state index is 0.243. The minimum atomic E-state index is -1.23. The van der Waals surface area contributed by atoms with Gasteiger partial charge in [0.2, 0.25) is 5.82 Å². The standard InChI is InChI=1S/C9H5F2N3O2/c10-6-4-7(11)9(14(15)16)8(5-6)13-3-1-2-12-13/h1-5H. The van der Waals surface area contributed by atoms with Gasteiger partial charge in [-0.2, -0.15) is 9.49 Å². The van der Waals surface area contributed by atoms with Crippen molar-refractivity contribution in [2.24, 2.45) is 0 Å². The lowest BCUT2D eigenvalue weighted by atomic mass is 10.2. The summed E-state index contributed by atoms with van der Waals surface area (Å²) < 4.78 is 27.2. The van der Waals surface area contributed by atoms with Crippen LogP contribution in [0.5, 0.6) is 0 Å². The maximum Gasteiger partial charge on any atom is 0.330 e. The van der Waals surface area contributed by atoms with E-state index < -0.39 is 22.2 Å². The molecule has 2 aromatic rings. The second-order valence-electron chi connectivity index (χ2n) is 2.96. The van der Waals surface area contributed by atoms with Crippen molar-refractivity contribution >= 4 is 5.69 Å². The zero-order valence-electron chi connectivity index (χ0n) is 7.80. The molecule has 7 heteroatoms. The van der Waals surface area contributed by atoms with E-state index in [9.17, 15) is 18.9 Å². The number of halogens is 2. The number of nitrogens with zero attached hydrogens (tertiary/aromatic N) is 3. The number of aromatic nitrogens is 2. The molecule has 0 aliphatic rings. The Bertz CT molecular complexity index is 540. The van der Waals surface area contributed by atoms with E-state index in [2.05, 4.69) is 5.10 Å². The summed E-state index contributed by atoms with van der Waals surface area (Å²) in [4.78, 5) is 9.74. The summed E-state index contributed by atoms with van der Waals surface area (Å²) in [6.45, 7) is 0. The number of rotatable bonds is 2. The van der Waals surface area contributed by atoms with Gasteiger partial charge < -0.3 is 0 Å². The monoisotopic (exact) mass is 225 g/mol. The first kappa shape index (κ1) is 10.2. The topological polar surface area (TPSA) is 61.0 Å². The molecule has 0 N–H and O–H groups in total. The highest BCUT2D eigenvalue weighted by atomic mass is 19.1. The van der Waals surface area contributed by atoms with E-state index in [-0.39, 0.29) is 5.69 Å². The SMILES string of the molecule is O=[N+]([O-])c1c(F)cc(F)cc1-n1cccn1. The van der Waals surface area contributed by atoms with Gasteiger partial charge >= 0.3 is 5.69 Å². The second kappa shape index (κ2) is 3.69. The molecule has 0 bridgehead atoms. The van der Waals surface area contributed by atoms with E-state index in [1.165, 1.54) is 18.5 Å². The lowest BCUT2D eigenvalue weighted by Gasteiger charge is -2.03. The van der Waals surface area contributed by atoms with Crippen LogP contribution in [0.3, 0.4) is 0 Å². The number of benzene rings is 1. The van der Waals surface area contributed by atoms with Gasteiger partial charge in [-0.25, -0.2) is 9.07 Å². The van der Waals surface area contributed by atoms with Crippen molar-refractivity contribution in [1.82, 2.24) is 9.78 Å². The van der Waals surface area contributed by atoms with Crippen LogP contribution in [0.4, 0.5) is 14.5 Å². The van der Waals surface area contributed by atoms with Crippen LogP contribution in [-0.4, -0.2) is 14.7 Å². The molecule has 0 fully saturated rings. The number of nitro groups is 1. The highest BCUT2D eigenvalue weighted by Gasteiger charge is 2.23. The van der Waals surface area contributed by atoms with Gasteiger partial charge in [0.25, 0.3) is 0 Å². The molecule has 0 aliphatic carbocycles. The first-order chi connectivity index (χ1) is 7.59. The van der Waals surface area contributed by atoms with Crippen LogP contribution < -0.4 is 0 Å². The predicted molar refractivity (Wildman–Crippen MR) is 50.1 cm³/mol. The molecule has 0 atom stereocenters. The minimum Gasteiger partial charge on any atom is -0.258 e. The summed E-state index contributed by atoms with van der Waals surface area (Å²) in [5.41, 5.74) is -1.04. The Hall–Kier alpha value is -2.31. The average molecular weight is 225 g/mol. The molecule has 0 spiro atoms. The van der Waals surface area contributed by atoms with Crippen molar-refractivity contribution in [3.05, 3.63) is 52.3 Å². The van der Waals surface area contributed by atoms with Crippen molar-refractivity contribution < 1.29 is 13.7 Å². The summed E-state index contributed by atoms with van der Waals surface area (Å²) in [5.74, 6) is -2.12. The Labute approximate surface area is 88.1 Å². The van der Waals surface area contributed by atoms with Crippen LogP contribution >= 0.6 is 0 Å².